The van der Waals surface area contributed by atoms with E-state index in [1.54, 1.807) is 0 Å². The summed E-state index contributed by atoms with van der Waals surface area (Å²) in [6.07, 6.45) is 9.05. The lowest BCUT2D eigenvalue weighted by molar-refractivity contribution is -0.137. The Morgan fingerprint density at radius 2 is 1.76 bits per heavy atom. The summed E-state index contributed by atoms with van der Waals surface area (Å²) < 4.78 is 0. The first-order valence-corrected chi connectivity index (χ1v) is 8.38. The van der Waals surface area contributed by atoms with E-state index in [0.29, 0.717) is 12.5 Å². The molecule has 3 nitrogen and oxygen atoms in total. The molecule has 0 aromatic rings. The van der Waals surface area contributed by atoms with Crippen molar-refractivity contribution in [1.29, 1.82) is 0 Å². The first-order valence-electron chi connectivity index (χ1n) is 8.38. The van der Waals surface area contributed by atoms with Crippen molar-refractivity contribution in [1.82, 2.24) is 4.90 Å². The standard InChI is InChI=1S/C17H32N2O.ClH/c1-17(2,11-18)12-19(3)16(20)15-9-8-13-6-4-5-7-14(13)10-15;/h13-15H,4-12,18H2,1-3H3;1H. The molecular formula is C17H33ClN2O. The molecule has 2 aliphatic rings. The van der Waals surface area contributed by atoms with Gasteiger partial charge in [-0.25, -0.2) is 0 Å². The molecule has 2 saturated carbocycles. The molecule has 2 aliphatic carbocycles. The predicted octanol–water partition coefficient (Wildman–Crippen LogP) is 3.46. The van der Waals surface area contributed by atoms with Crippen molar-refractivity contribution in [2.75, 3.05) is 20.1 Å². The molecule has 2 N–H and O–H groups in total. The summed E-state index contributed by atoms with van der Waals surface area (Å²) in [5, 5.41) is 0. The molecule has 2 rings (SSSR count). The number of carbonyl (C=O) groups is 1. The fourth-order valence-electron chi connectivity index (χ4n) is 4.19. The zero-order valence-corrected chi connectivity index (χ0v) is 14.8. The second-order valence-electron chi connectivity index (χ2n) is 7.88. The number of hydrogen-bond donors (Lipinski definition) is 1. The van der Waals surface area contributed by atoms with Crippen molar-refractivity contribution in [2.45, 2.75) is 58.8 Å². The molecule has 3 atom stereocenters. The second kappa shape index (κ2) is 7.82. The summed E-state index contributed by atoms with van der Waals surface area (Å²) in [5.74, 6) is 2.37. The van der Waals surface area contributed by atoms with Crippen LogP contribution in [0.5, 0.6) is 0 Å². The molecule has 4 heteroatoms. The van der Waals surface area contributed by atoms with E-state index in [2.05, 4.69) is 13.8 Å². The van der Waals surface area contributed by atoms with Crippen molar-refractivity contribution < 1.29 is 4.79 Å². The predicted molar refractivity (Wildman–Crippen MR) is 90.5 cm³/mol. The molecule has 0 bridgehead atoms. The van der Waals surface area contributed by atoms with Gasteiger partial charge < -0.3 is 10.6 Å². The van der Waals surface area contributed by atoms with Crippen LogP contribution < -0.4 is 5.73 Å². The highest BCUT2D eigenvalue weighted by Gasteiger charge is 2.36. The van der Waals surface area contributed by atoms with Gasteiger partial charge in [0.1, 0.15) is 0 Å². The number of rotatable bonds is 4. The van der Waals surface area contributed by atoms with Crippen LogP contribution in [0.3, 0.4) is 0 Å². The maximum absolute atomic E-state index is 12.7. The van der Waals surface area contributed by atoms with Gasteiger partial charge in [0.05, 0.1) is 0 Å². The van der Waals surface area contributed by atoms with Gasteiger partial charge >= 0.3 is 0 Å². The Labute approximate surface area is 136 Å². The third-order valence-corrected chi connectivity index (χ3v) is 5.48. The summed E-state index contributed by atoms with van der Waals surface area (Å²) >= 11 is 0. The maximum atomic E-state index is 12.7. The molecule has 0 saturated heterocycles. The topological polar surface area (TPSA) is 46.3 Å². The third-order valence-electron chi connectivity index (χ3n) is 5.48. The molecule has 0 aromatic heterocycles. The number of carbonyl (C=O) groups excluding carboxylic acids is 1. The Balaban J connectivity index is 0.00000220. The Bertz CT molecular complexity index is 346. The van der Waals surface area contributed by atoms with E-state index in [-0.39, 0.29) is 23.7 Å². The molecule has 0 aromatic carbocycles. The monoisotopic (exact) mass is 316 g/mol. The van der Waals surface area contributed by atoms with Gasteiger partial charge in [-0.1, -0.05) is 39.5 Å². The molecule has 0 spiro atoms. The van der Waals surface area contributed by atoms with Crippen LogP contribution >= 0.6 is 12.4 Å². The van der Waals surface area contributed by atoms with Crippen molar-refractivity contribution >= 4 is 18.3 Å². The van der Waals surface area contributed by atoms with Crippen molar-refractivity contribution in [2.24, 2.45) is 28.9 Å². The highest BCUT2D eigenvalue weighted by atomic mass is 35.5. The lowest BCUT2D eigenvalue weighted by Gasteiger charge is -2.40. The van der Waals surface area contributed by atoms with Gasteiger partial charge in [-0.3, -0.25) is 4.79 Å². The lowest BCUT2D eigenvalue weighted by Crippen LogP contribution is -2.44. The summed E-state index contributed by atoms with van der Waals surface area (Å²) in [7, 11) is 1.95. The van der Waals surface area contributed by atoms with Gasteiger partial charge in [0, 0.05) is 19.5 Å². The molecule has 0 aliphatic heterocycles. The zero-order valence-electron chi connectivity index (χ0n) is 13.9. The van der Waals surface area contributed by atoms with Crippen LogP contribution in [0, 0.1) is 23.2 Å². The van der Waals surface area contributed by atoms with Crippen molar-refractivity contribution in [3.05, 3.63) is 0 Å². The van der Waals surface area contributed by atoms with E-state index in [9.17, 15) is 4.79 Å². The van der Waals surface area contributed by atoms with E-state index >= 15 is 0 Å². The molecule has 0 radical (unpaired) electrons. The second-order valence-corrected chi connectivity index (χ2v) is 7.88. The van der Waals surface area contributed by atoms with Gasteiger partial charge in [0.25, 0.3) is 0 Å². The minimum atomic E-state index is 0. The Morgan fingerprint density at radius 1 is 1.14 bits per heavy atom. The van der Waals surface area contributed by atoms with Crippen LogP contribution in [-0.2, 0) is 4.79 Å². The van der Waals surface area contributed by atoms with Crippen LogP contribution in [0.25, 0.3) is 0 Å². The largest absolute Gasteiger partial charge is 0.345 e. The smallest absolute Gasteiger partial charge is 0.225 e. The maximum Gasteiger partial charge on any atom is 0.225 e. The quantitative estimate of drug-likeness (QED) is 0.863. The number of nitrogens with zero attached hydrogens (tertiary/aromatic N) is 1. The van der Waals surface area contributed by atoms with E-state index in [0.717, 1.165) is 31.2 Å². The van der Waals surface area contributed by atoms with Crippen LogP contribution in [0.2, 0.25) is 0 Å². The Morgan fingerprint density at radius 3 is 2.38 bits per heavy atom. The third kappa shape index (κ3) is 4.85. The zero-order chi connectivity index (χ0) is 14.8. The van der Waals surface area contributed by atoms with E-state index in [1.165, 1.54) is 32.1 Å². The molecule has 124 valence electrons. The normalized spacial score (nSPS) is 29.2. The van der Waals surface area contributed by atoms with Gasteiger partial charge in [-0.15, -0.1) is 12.4 Å². The Kier molecular flexibility index (Phi) is 6.99. The number of fused-ring (bicyclic) bond motifs is 1. The average molecular weight is 317 g/mol. The number of nitrogens with two attached hydrogens (primary N) is 1. The average Bonchev–Trinajstić information content (AvgIpc) is 2.45. The number of amides is 1. The lowest BCUT2D eigenvalue weighted by atomic mass is 9.67. The van der Waals surface area contributed by atoms with E-state index in [4.69, 9.17) is 5.73 Å². The summed E-state index contributed by atoms with van der Waals surface area (Å²) in [6.45, 7) is 5.66. The molecule has 21 heavy (non-hydrogen) atoms. The van der Waals surface area contributed by atoms with Gasteiger partial charge in [0.2, 0.25) is 5.91 Å². The first-order chi connectivity index (χ1) is 9.43. The SMILES string of the molecule is CN(CC(C)(C)CN)C(=O)C1CCC2CCCCC2C1.Cl. The molecule has 2 fully saturated rings. The number of halogens is 1. The molecule has 1 amide bonds. The van der Waals surface area contributed by atoms with Crippen LogP contribution in [0.1, 0.15) is 58.8 Å². The van der Waals surface area contributed by atoms with E-state index < -0.39 is 0 Å². The summed E-state index contributed by atoms with van der Waals surface area (Å²) in [4.78, 5) is 14.6. The fourth-order valence-corrected chi connectivity index (χ4v) is 4.19. The molecular weight excluding hydrogens is 284 g/mol. The fraction of sp³-hybridized carbons (Fsp3) is 0.941. The van der Waals surface area contributed by atoms with Crippen molar-refractivity contribution in [3.8, 4) is 0 Å². The highest BCUT2D eigenvalue weighted by Crippen LogP contribution is 2.43. The summed E-state index contributed by atoms with van der Waals surface area (Å²) in [6, 6.07) is 0. The van der Waals surface area contributed by atoms with Gasteiger partial charge in [-0.05, 0) is 43.1 Å². The first kappa shape index (κ1) is 18.8. The van der Waals surface area contributed by atoms with E-state index in [1.807, 2.05) is 11.9 Å². The molecule has 3 unspecified atom stereocenters. The summed E-state index contributed by atoms with van der Waals surface area (Å²) in [5.41, 5.74) is 5.80. The van der Waals surface area contributed by atoms with Gasteiger partial charge in [0.15, 0.2) is 0 Å². The number of hydrogen-bond acceptors (Lipinski definition) is 2. The minimum absolute atomic E-state index is 0. The van der Waals surface area contributed by atoms with Crippen molar-refractivity contribution in [3.63, 3.8) is 0 Å². The van der Waals surface area contributed by atoms with Crippen LogP contribution in [-0.4, -0.2) is 30.9 Å². The van der Waals surface area contributed by atoms with Gasteiger partial charge in [-0.2, -0.15) is 0 Å². The molecule has 0 heterocycles. The van der Waals surface area contributed by atoms with Crippen LogP contribution in [0.15, 0.2) is 0 Å². The Hall–Kier alpha value is -0.280. The van der Waals surface area contributed by atoms with Crippen LogP contribution in [0.4, 0.5) is 0 Å². The minimum Gasteiger partial charge on any atom is -0.345 e. The highest BCUT2D eigenvalue weighted by molar-refractivity contribution is 5.85.